The number of fused-ring (bicyclic) bond motifs is 1. The first-order valence-electron chi connectivity index (χ1n) is 9.92. The summed E-state index contributed by atoms with van der Waals surface area (Å²) >= 11 is 1.40. The van der Waals surface area contributed by atoms with Crippen LogP contribution in [0.25, 0.3) is 5.69 Å². The molecule has 7 heteroatoms. The average molecular weight is 436 g/mol. The van der Waals surface area contributed by atoms with Crippen LogP contribution in [0.3, 0.4) is 0 Å². The molecule has 2 heterocycles. The Morgan fingerprint density at radius 2 is 1.38 bits per heavy atom. The number of nitriles is 1. The third-order valence-electron chi connectivity index (χ3n) is 5.17. The largest absolute Gasteiger partial charge is 0.268 e. The van der Waals surface area contributed by atoms with Crippen molar-refractivity contribution in [3.05, 3.63) is 107 Å². The maximum absolute atomic E-state index is 13.2. The molecule has 4 aromatic rings. The Kier molecular flexibility index (Phi) is 5.06. The number of rotatable bonds is 5. The van der Waals surface area contributed by atoms with Crippen LogP contribution in [0.5, 0.6) is 0 Å². The van der Waals surface area contributed by atoms with Crippen molar-refractivity contribution < 1.29 is 9.59 Å². The van der Waals surface area contributed by atoms with E-state index in [9.17, 15) is 14.9 Å². The Labute approximate surface area is 188 Å². The highest BCUT2D eigenvalue weighted by atomic mass is 32.2. The van der Waals surface area contributed by atoms with Crippen LogP contribution in [0, 0.1) is 11.3 Å². The summed E-state index contributed by atoms with van der Waals surface area (Å²) in [4.78, 5) is 27.5. The number of para-hydroxylation sites is 1. The maximum atomic E-state index is 13.2. The van der Waals surface area contributed by atoms with Gasteiger partial charge in [-0.25, -0.2) is 9.58 Å². The average Bonchev–Trinajstić information content (AvgIpc) is 3.33. The van der Waals surface area contributed by atoms with Crippen molar-refractivity contribution >= 4 is 29.4 Å². The van der Waals surface area contributed by atoms with E-state index in [1.54, 1.807) is 24.3 Å². The molecule has 32 heavy (non-hydrogen) atoms. The first-order valence-corrected chi connectivity index (χ1v) is 10.9. The number of hydrogen-bond acceptors (Lipinski definition) is 5. The molecule has 0 saturated heterocycles. The fourth-order valence-electron chi connectivity index (χ4n) is 3.65. The zero-order chi connectivity index (χ0) is 22.1. The fourth-order valence-corrected chi connectivity index (χ4v) is 4.57. The van der Waals surface area contributed by atoms with Crippen LogP contribution in [0.1, 0.15) is 31.8 Å². The molecule has 0 atom stereocenters. The number of anilines is 1. The zero-order valence-corrected chi connectivity index (χ0v) is 17.6. The first-order chi connectivity index (χ1) is 15.7. The number of thioether (sulfide) groups is 1. The number of hydrogen-bond donors (Lipinski definition) is 0. The molecule has 5 rings (SSSR count). The molecule has 0 radical (unpaired) electrons. The van der Waals surface area contributed by atoms with Crippen LogP contribution in [0.15, 0.2) is 90.0 Å². The summed E-state index contributed by atoms with van der Waals surface area (Å²) in [5, 5.41) is 15.2. The second-order valence-corrected chi connectivity index (χ2v) is 8.09. The molecule has 0 spiro atoms. The molecule has 154 valence electrons. The number of aromatic nitrogens is 2. The van der Waals surface area contributed by atoms with E-state index in [1.165, 1.54) is 16.4 Å². The highest BCUT2D eigenvalue weighted by Gasteiger charge is 2.41. The van der Waals surface area contributed by atoms with E-state index in [0.717, 1.165) is 10.5 Å². The maximum Gasteiger partial charge on any atom is 0.267 e. The topological polar surface area (TPSA) is 79.0 Å². The van der Waals surface area contributed by atoms with Crippen LogP contribution in [0.2, 0.25) is 0 Å². The van der Waals surface area contributed by atoms with Crippen molar-refractivity contribution in [2.24, 2.45) is 0 Å². The van der Waals surface area contributed by atoms with Gasteiger partial charge in [0.25, 0.3) is 11.8 Å². The van der Waals surface area contributed by atoms with Crippen molar-refractivity contribution in [3.63, 3.8) is 0 Å². The molecule has 0 aliphatic carbocycles. The van der Waals surface area contributed by atoms with E-state index in [0.29, 0.717) is 27.6 Å². The van der Waals surface area contributed by atoms with E-state index >= 15 is 0 Å². The van der Waals surface area contributed by atoms with Gasteiger partial charge in [0.1, 0.15) is 16.7 Å². The predicted octanol–water partition coefficient (Wildman–Crippen LogP) is 4.84. The summed E-state index contributed by atoms with van der Waals surface area (Å²) < 4.78 is 1.51. The molecular weight excluding hydrogens is 420 g/mol. The fraction of sp³-hybridized carbons (Fsp3) is 0.0400. The minimum atomic E-state index is -0.459. The molecule has 3 aromatic carbocycles. The molecule has 0 N–H and O–H groups in total. The molecule has 2 amide bonds. The summed E-state index contributed by atoms with van der Waals surface area (Å²) in [5.41, 5.74) is 2.57. The van der Waals surface area contributed by atoms with Gasteiger partial charge in [0, 0.05) is 5.75 Å². The Bertz CT molecular complexity index is 1340. The van der Waals surface area contributed by atoms with Crippen LogP contribution in [-0.2, 0) is 5.75 Å². The third kappa shape index (κ3) is 3.27. The number of carbonyl (C=O) groups excluding carboxylic acids is 2. The SMILES string of the molecule is N#Cc1c(SCc2ccccc2)nn(-c2ccccc2)c1N1C(=O)c2ccccc2C1=O. The van der Waals surface area contributed by atoms with Gasteiger partial charge >= 0.3 is 0 Å². The Balaban J connectivity index is 1.64. The van der Waals surface area contributed by atoms with Gasteiger partial charge in [0.05, 0.1) is 16.8 Å². The lowest BCUT2D eigenvalue weighted by molar-refractivity contribution is 0.0924. The monoisotopic (exact) mass is 436 g/mol. The van der Waals surface area contributed by atoms with Gasteiger partial charge in [-0.1, -0.05) is 72.4 Å². The Hall–Kier alpha value is -4.15. The number of carbonyl (C=O) groups is 2. The van der Waals surface area contributed by atoms with Crippen LogP contribution in [0.4, 0.5) is 5.82 Å². The summed E-state index contributed by atoms with van der Waals surface area (Å²) in [7, 11) is 0. The van der Waals surface area contributed by atoms with E-state index in [1.807, 2.05) is 60.7 Å². The lowest BCUT2D eigenvalue weighted by Gasteiger charge is -2.16. The van der Waals surface area contributed by atoms with Gasteiger partial charge < -0.3 is 0 Å². The van der Waals surface area contributed by atoms with Gasteiger partial charge in [-0.3, -0.25) is 9.59 Å². The van der Waals surface area contributed by atoms with E-state index in [4.69, 9.17) is 0 Å². The van der Waals surface area contributed by atoms with Gasteiger partial charge in [-0.2, -0.15) is 10.4 Å². The van der Waals surface area contributed by atoms with Gasteiger partial charge in [-0.15, -0.1) is 0 Å². The summed E-state index contributed by atoms with van der Waals surface area (Å²) in [6, 6.07) is 27.9. The second-order valence-electron chi connectivity index (χ2n) is 7.13. The molecule has 1 aliphatic heterocycles. The summed E-state index contributed by atoms with van der Waals surface area (Å²) in [5.74, 6) is -0.152. The molecular formula is C25H16N4O2S. The van der Waals surface area contributed by atoms with Crippen molar-refractivity contribution in [2.75, 3.05) is 4.90 Å². The van der Waals surface area contributed by atoms with Crippen molar-refractivity contribution in [1.82, 2.24) is 9.78 Å². The lowest BCUT2D eigenvalue weighted by atomic mass is 10.1. The lowest BCUT2D eigenvalue weighted by Crippen LogP contribution is -2.32. The summed E-state index contributed by atoms with van der Waals surface area (Å²) in [6.07, 6.45) is 0. The summed E-state index contributed by atoms with van der Waals surface area (Å²) in [6.45, 7) is 0. The minimum absolute atomic E-state index is 0.167. The van der Waals surface area contributed by atoms with Gasteiger partial charge in [0.2, 0.25) is 0 Å². The molecule has 0 fully saturated rings. The molecule has 0 saturated carbocycles. The quantitative estimate of drug-likeness (QED) is 0.330. The number of nitrogens with zero attached hydrogens (tertiary/aromatic N) is 4. The highest BCUT2D eigenvalue weighted by Crippen LogP contribution is 2.37. The van der Waals surface area contributed by atoms with Crippen molar-refractivity contribution in [3.8, 4) is 11.8 Å². The zero-order valence-electron chi connectivity index (χ0n) is 16.8. The molecule has 1 aliphatic rings. The van der Waals surface area contributed by atoms with Crippen molar-refractivity contribution in [2.45, 2.75) is 10.8 Å². The number of amides is 2. The molecule has 6 nitrogen and oxygen atoms in total. The minimum Gasteiger partial charge on any atom is -0.268 e. The molecule has 0 bridgehead atoms. The third-order valence-corrected chi connectivity index (χ3v) is 6.20. The van der Waals surface area contributed by atoms with E-state index in [2.05, 4.69) is 11.2 Å². The van der Waals surface area contributed by atoms with Crippen LogP contribution in [-0.4, -0.2) is 21.6 Å². The first kappa shape index (κ1) is 19.8. The Morgan fingerprint density at radius 1 is 0.812 bits per heavy atom. The van der Waals surface area contributed by atoms with Crippen LogP contribution < -0.4 is 4.90 Å². The van der Waals surface area contributed by atoms with Gasteiger partial charge in [-0.05, 0) is 29.8 Å². The number of imide groups is 1. The molecule has 0 unspecified atom stereocenters. The standard InChI is InChI=1S/C25H16N4O2S/c26-15-21-22(32-16-17-9-3-1-4-10-17)27-29(18-11-5-2-6-12-18)23(21)28-24(30)19-13-7-8-14-20(19)25(28)31/h1-14H,16H2. The smallest absolute Gasteiger partial charge is 0.267 e. The second kappa shape index (κ2) is 8.17. The number of benzene rings is 3. The normalized spacial score (nSPS) is 12.7. The Morgan fingerprint density at radius 3 is 1.97 bits per heavy atom. The van der Waals surface area contributed by atoms with E-state index in [-0.39, 0.29) is 11.4 Å². The van der Waals surface area contributed by atoms with Crippen molar-refractivity contribution in [1.29, 1.82) is 5.26 Å². The predicted molar refractivity (Wildman–Crippen MR) is 122 cm³/mol. The highest BCUT2D eigenvalue weighted by molar-refractivity contribution is 7.98. The molecule has 1 aromatic heterocycles. The van der Waals surface area contributed by atoms with Gasteiger partial charge in [0.15, 0.2) is 5.82 Å². The van der Waals surface area contributed by atoms with Crippen LogP contribution >= 0.6 is 11.8 Å². The van der Waals surface area contributed by atoms with E-state index < -0.39 is 11.8 Å².